The number of pyridine rings is 1. The van der Waals surface area contributed by atoms with Gasteiger partial charge in [0.25, 0.3) is 0 Å². The van der Waals surface area contributed by atoms with Gasteiger partial charge in [0.15, 0.2) is 0 Å². The van der Waals surface area contributed by atoms with Crippen molar-refractivity contribution in [1.29, 1.82) is 0 Å². The second-order valence-corrected chi connectivity index (χ2v) is 6.17. The summed E-state index contributed by atoms with van der Waals surface area (Å²) in [5, 5.41) is 7.70. The normalized spacial score (nSPS) is 10.7. The van der Waals surface area contributed by atoms with Crippen molar-refractivity contribution in [1.82, 2.24) is 15.2 Å². The molecule has 1 amide bonds. The molecule has 7 heteroatoms. The lowest BCUT2D eigenvalue weighted by atomic mass is 10.0. The van der Waals surface area contributed by atoms with Crippen LogP contribution in [0.1, 0.15) is 16.1 Å². The van der Waals surface area contributed by atoms with Crippen LogP contribution in [0.2, 0.25) is 0 Å². The minimum absolute atomic E-state index is 0.00442. The van der Waals surface area contributed by atoms with Gasteiger partial charge in [0, 0.05) is 28.9 Å². The summed E-state index contributed by atoms with van der Waals surface area (Å²) in [5.74, 6) is 0.0597. The molecule has 0 saturated carbocycles. The quantitative estimate of drug-likeness (QED) is 0.559. The van der Waals surface area contributed by atoms with Gasteiger partial charge in [-0.3, -0.25) is 19.7 Å². The standard InChI is InChI=1S/C21H16N4O3/c22-21(27)15-4-1-3-13(9-15)17-11-24-25-19(20(17)26)12-28-16-6-7-18-14(10-16)5-2-8-23-18/h1-11H,12H2,(H2,22,27)(H,24,26). The average Bonchev–Trinajstić information content (AvgIpc) is 2.73. The lowest BCUT2D eigenvalue weighted by molar-refractivity contribution is 0.100. The van der Waals surface area contributed by atoms with E-state index in [0.717, 1.165) is 10.9 Å². The van der Waals surface area contributed by atoms with Crippen LogP contribution in [0.5, 0.6) is 5.75 Å². The highest BCUT2D eigenvalue weighted by Crippen LogP contribution is 2.20. The molecule has 138 valence electrons. The zero-order valence-corrected chi connectivity index (χ0v) is 14.8. The molecule has 0 aliphatic rings. The van der Waals surface area contributed by atoms with Crippen molar-refractivity contribution < 1.29 is 9.53 Å². The summed E-state index contributed by atoms with van der Waals surface area (Å²) in [6.07, 6.45) is 3.22. The number of carbonyl (C=O) groups is 1. The number of rotatable bonds is 5. The highest BCUT2D eigenvalue weighted by molar-refractivity contribution is 5.94. The van der Waals surface area contributed by atoms with Gasteiger partial charge in [-0.25, -0.2) is 0 Å². The number of ether oxygens (including phenoxy) is 1. The van der Waals surface area contributed by atoms with Crippen molar-refractivity contribution in [3.63, 3.8) is 0 Å². The Morgan fingerprint density at radius 2 is 2.00 bits per heavy atom. The van der Waals surface area contributed by atoms with Crippen LogP contribution >= 0.6 is 0 Å². The first-order valence-electron chi connectivity index (χ1n) is 8.56. The van der Waals surface area contributed by atoms with Gasteiger partial charge in [-0.05, 0) is 42.0 Å². The van der Waals surface area contributed by atoms with Crippen molar-refractivity contribution in [2.75, 3.05) is 0 Å². The second-order valence-electron chi connectivity index (χ2n) is 6.17. The Morgan fingerprint density at radius 1 is 1.11 bits per heavy atom. The summed E-state index contributed by atoms with van der Waals surface area (Å²) in [6.45, 7) is 0.00442. The molecule has 0 aliphatic heterocycles. The summed E-state index contributed by atoms with van der Waals surface area (Å²) >= 11 is 0. The number of nitrogens with two attached hydrogens (primary N) is 1. The molecule has 0 unspecified atom stereocenters. The third-order valence-corrected chi connectivity index (χ3v) is 4.32. The summed E-state index contributed by atoms with van der Waals surface area (Å²) in [4.78, 5) is 28.4. The van der Waals surface area contributed by atoms with E-state index in [1.165, 1.54) is 6.20 Å². The van der Waals surface area contributed by atoms with Crippen molar-refractivity contribution in [3.05, 3.63) is 88.5 Å². The Balaban J connectivity index is 1.60. The molecular weight excluding hydrogens is 356 g/mol. The van der Waals surface area contributed by atoms with Crippen LogP contribution in [-0.2, 0) is 6.61 Å². The monoisotopic (exact) mass is 372 g/mol. The molecule has 2 aromatic carbocycles. The topological polar surface area (TPSA) is 111 Å². The maximum Gasteiger partial charge on any atom is 0.248 e. The molecule has 7 nitrogen and oxygen atoms in total. The van der Waals surface area contributed by atoms with Gasteiger partial charge < -0.3 is 10.5 Å². The first-order valence-corrected chi connectivity index (χ1v) is 8.56. The van der Waals surface area contributed by atoms with Crippen LogP contribution in [0.15, 0.2) is 71.8 Å². The molecule has 2 heterocycles. The minimum atomic E-state index is -0.554. The number of carbonyl (C=O) groups excluding carboxylic acids is 1. The number of primary amides is 1. The van der Waals surface area contributed by atoms with Gasteiger partial charge in [-0.15, -0.1) is 0 Å². The van der Waals surface area contributed by atoms with E-state index >= 15 is 0 Å². The van der Waals surface area contributed by atoms with Gasteiger partial charge in [-0.2, -0.15) is 5.10 Å². The van der Waals surface area contributed by atoms with Gasteiger partial charge in [0.1, 0.15) is 18.1 Å². The summed E-state index contributed by atoms with van der Waals surface area (Å²) in [6, 6.07) is 15.9. The third kappa shape index (κ3) is 3.45. The number of nitrogens with zero attached hydrogens (tertiary/aromatic N) is 2. The summed E-state index contributed by atoms with van der Waals surface area (Å²) in [5.41, 5.74) is 7.44. The van der Waals surface area contributed by atoms with E-state index in [1.54, 1.807) is 36.5 Å². The zero-order chi connectivity index (χ0) is 19.5. The molecule has 0 aliphatic carbocycles. The van der Waals surface area contributed by atoms with Gasteiger partial charge in [0.05, 0.1) is 5.52 Å². The number of amides is 1. The molecule has 0 radical (unpaired) electrons. The molecule has 2 aromatic heterocycles. The van der Waals surface area contributed by atoms with Crippen molar-refractivity contribution in [3.8, 4) is 16.9 Å². The number of fused-ring (bicyclic) bond motifs is 1. The van der Waals surface area contributed by atoms with E-state index in [2.05, 4.69) is 15.2 Å². The smallest absolute Gasteiger partial charge is 0.248 e. The fourth-order valence-electron chi connectivity index (χ4n) is 2.89. The van der Waals surface area contributed by atoms with Crippen molar-refractivity contribution in [2.24, 2.45) is 5.73 Å². The average molecular weight is 372 g/mol. The van der Waals surface area contributed by atoms with Crippen LogP contribution in [0.4, 0.5) is 0 Å². The van der Waals surface area contributed by atoms with Crippen LogP contribution in [0.3, 0.4) is 0 Å². The van der Waals surface area contributed by atoms with Gasteiger partial charge >= 0.3 is 0 Å². The predicted octanol–water partition coefficient (Wildman–Crippen LogP) is 2.66. The number of aromatic nitrogens is 3. The molecule has 0 fully saturated rings. The second kappa shape index (κ2) is 7.32. The SMILES string of the molecule is NC(=O)c1cccc(-c2c[nH]nc(COc3ccc4ncccc4c3)c2=O)c1. The molecule has 0 saturated heterocycles. The van der Waals surface area contributed by atoms with E-state index in [9.17, 15) is 9.59 Å². The minimum Gasteiger partial charge on any atom is -0.487 e. The summed E-state index contributed by atoms with van der Waals surface area (Å²) < 4.78 is 5.75. The highest BCUT2D eigenvalue weighted by Gasteiger charge is 2.12. The van der Waals surface area contributed by atoms with E-state index in [0.29, 0.717) is 22.4 Å². The van der Waals surface area contributed by atoms with Crippen LogP contribution < -0.4 is 15.9 Å². The number of hydrogen-bond acceptors (Lipinski definition) is 5. The number of hydrogen-bond donors (Lipinski definition) is 2. The van der Waals surface area contributed by atoms with Crippen LogP contribution in [-0.4, -0.2) is 21.1 Å². The predicted molar refractivity (Wildman–Crippen MR) is 105 cm³/mol. The first kappa shape index (κ1) is 17.4. The number of aromatic amines is 1. The maximum absolute atomic E-state index is 12.8. The molecule has 0 bridgehead atoms. The fourth-order valence-corrected chi connectivity index (χ4v) is 2.89. The van der Waals surface area contributed by atoms with E-state index in [4.69, 9.17) is 10.5 Å². The fraction of sp³-hybridized carbons (Fsp3) is 0.0476. The lowest BCUT2D eigenvalue weighted by Gasteiger charge is -2.08. The Bertz CT molecular complexity index is 1230. The van der Waals surface area contributed by atoms with Gasteiger partial charge in [-0.1, -0.05) is 18.2 Å². The van der Waals surface area contributed by atoms with Crippen LogP contribution in [0.25, 0.3) is 22.0 Å². The summed E-state index contributed by atoms with van der Waals surface area (Å²) in [7, 11) is 0. The van der Waals surface area contributed by atoms with Gasteiger partial charge in [0.2, 0.25) is 11.3 Å². The molecule has 3 N–H and O–H groups in total. The number of H-pyrrole nitrogens is 1. The molecule has 0 atom stereocenters. The maximum atomic E-state index is 12.8. The molecule has 4 rings (SSSR count). The van der Waals surface area contributed by atoms with Crippen molar-refractivity contribution >= 4 is 16.8 Å². The van der Waals surface area contributed by atoms with E-state index in [1.807, 2.05) is 24.3 Å². The Labute approximate surface area is 159 Å². The largest absolute Gasteiger partial charge is 0.487 e. The first-order chi connectivity index (χ1) is 13.6. The van der Waals surface area contributed by atoms with Crippen molar-refractivity contribution in [2.45, 2.75) is 6.61 Å². The molecule has 0 spiro atoms. The Hall–Kier alpha value is -4.00. The van der Waals surface area contributed by atoms with E-state index < -0.39 is 5.91 Å². The zero-order valence-electron chi connectivity index (χ0n) is 14.8. The Kier molecular flexibility index (Phi) is 4.55. The Morgan fingerprint density at radius 3 is 2.86 bits per heavy atom. The molecular formula is C21H16N4O3. The third-order valence-electron chi connectivity index (χ3n) is 4.32. The van der Waals surface area contributed by atoms with E-state index in [-0.39, 0.29) is 17.7 Å². The molecule has 28 heavy (non-hydrogen) atoms. The number of nitrogens with one attached hydrogen (secondary N) is 1. The number of benzene rings is 2. The lowest BCUT2D eigenvalue weighted by Crippen LogP contribution is -2.17. The van der Waals surface area contributed by atoms with Crippen LogP contribution in [0, 0.1) is 0 Å². The molecule has 4 aromatic rings. The highest BCUT2D eigenvalue weighted by atomic mass is 16.5.